The largest absolute Gasteiger partial charge is 0.302 e. The minimum atomic E-state index is -3.58. The van der Waals surface area contributed by atoms with Crippen molar-refractivity contribution < 1.29 is 8.42 Å². The lowest BCUT2D eigenvalue weighted by atomic mass is 10.2. The quantitative estimate of drug-likeness (QED) is 0.828. The Labute approximate surface area is 121 Å². The highest BCUT2D eigenvalue weighted by atomic mass is 32.2. The van der Waals surface area contributed by atoms with Crippen LogP contribution in [0.1, 0.15) is 26.3 Å². The predicted molar refractivity (Wildman–Crippen MR) is 78.7 cm³/mol. The number of hydrogen-bond donors (Lipinski definition) is 1. The Bertz CT molecular complexity index is 574. The molecule has 0 spiro atoms. The Morgan fingerprint density at radius 2 is 2.00 bits per heavy atom. The van der Waals surface area contributed by atoms with Crippen LogP contribution in [0.5, 0.6) is 0 Å². The van der Waals surface area contributed by atoms with Gasteiger partial charge in [0.15, 0.2) is 0 Å². The number of rotatable bonds is 7. The first-order valence-corrected chi connectivity index (χ1v) is 8.16. The molecule has 1 aromatic carbocycles. The van der Waals surface area contributed by atoms with Crippen molar-refractivity contribution in [2.45, 2.75) is 31.7 Å². The lowest BCUT2D eigenvalue weighted by Crippen LogP contribution is -2.41. The normalized spacial score (nSPS) is 13.2. The summed E-state index contributed by atoms with van der Waals surface area (Å²) in [5.41, 5.74) is 0.337. The first-order chi connectivity index (χ1) is 9.42. The van der Waals surface area contributed by atoms with Crippen molar-refractivity contribution in [3.63, 3.8) is 0 Å². The van der Waals surface area contributed by atoms with E-state index in [9.17, 15) is 8.42 Å². The van der Waals surface area contributed by atoms with Crippen LogP contribution < -0.4 is 4.72 Å². The lowest BCUT2D eigenvalue weighted by Gasteiger charge is -2.23. The molecule has 0 aliphatic carbocycles. The summed E-state index contributed by atoms with van der Waals surface area (Å²) in [7, 11) is -3.58. The fraction of sp³-hybridized carbons (Fsp3) is 0.500. The molecule has 0 amide bonds. The smallest absolute Gasteiger partial charge is 0.240 e. The third kappa shape index (κ3) is 4.60. The molecule has 0 saturated heterocycles. The van der Waals surface area contributed by atoms with Crippen molar-refractivity contribution in [1.29, 1.82) is 5.26 Å². The number of nitrogens with one attached hydrogen (secondary N) is 1. The molecule has 110 valence electrons. The second-order valence-electron chi connectivity index (χ2n) is 4.65. The third-order valence-corrected chi connectivity index (χ3v) is 4.64. The summed E-state index contributed by atoms with van der Waals surface area (Å²) in [6.07, 6.45) is 0. The van der Waals surface area contributed by atoms with Gasteiger partial charge in [-0.05, 0) is 38.2 Å². The molecule has 0 aromatic heterocycles. The molecule has 1 rings (SSSR count). The number of hydrogen-bond acceptors (Lipinski definition) is 4. The van der Waals surface area contributed by atoms with E-state index in [1.807, 2.05) is 26.8 Å². The molecule has 0 saturated carbocycles. The van der Waals surface area contributed by atoms with Crippen LogP contribution in [-0.4, -0.2) is 39.0 Å². The van der Waals surface area contributed by atoms with Crippen molar-refractivity contribution in [1.82, 2.24) is 9.62 Å². The van der Waals surface area contributed by atoms with Crippen LogP contribution in [-0.2, 0) is 10.0 Å². The SMILES string of the molecule is CCN(CC)CC(C)NS(=O)(=O)c1cccc(C#N)c1. The zero-order valence-corrected chi connectivity index (χ0v) is 12.9. The molecule has 0 heterocycles. The van der Waals surface area contributed by atoms with Crippen molar-refractivity contribution in [2.75, 3.05) is 19.6 Å². The minimum Gasteiger partial charge on any atom is -0.302 e. The van der Waals surface area contributed by atoms with Gasteiger partial charge in [0.2, 0.25) is 10.0 Å². The van der Waals surface area contributed by atoms with E-state index in [2.05, 4.69) is 9.62 Å². The molecule has 5 nitrogen and oxygen atoms in total. The zero-order chi connectivity index (χ0) is 15.2. The van der Waals surface area contributed by atoms with Gasteiger partial charge in [-0.2, -0.15) is 5.26 Å². The monoisotopic (exact) mass is 295 g/mol. The van der Waals surface area contributed by atoms with Gasteiger partial charge in [-0.15, -0.1) is 0 Å². The van der Waals surface area contributed by atoms with Crippen LogP contribution in [0.25, 0.3) is 0 Å². The third-order valence-electron chi connectivity index (χ3n) is 3.06. The topological polar surface area (TPSA) is 73.2 Å². The molecule has 6 heteroatoms. The highest BCUT2D eigenvalue weighted by Crippen LogP contribution is 2.11. The maximum atomic E-state index is 12.2. The van der Waals surface area contributed by atoms with E-state index in [0.717, 1.165) is 13.1 Å². The van der Waals surface area contributed by atoms with Gasteiger partial charge < -0.3 is 4.90 Å². The van der Waals surface area contributed by atoms with Gasteiger partial charge in [0, 0.05) is 12.6 Å². The van der Waals surface area contributed by atoms with Gasteiger partial charge in [-0.1, -0.05) is 19.9 Å². The number of nitrogens with zero attached hydrogens (tertiary/aromatic N) is 2. The van der Waals surface area contributed by atoms with E-state index in [4.69, 9.17) is 5.26 Å². The second kappa shape index (κ2) is 7.39. The minimum absolute atomic E-state index is 0.128. The average molecular weight is 295 g/mol. The van der Waals surface area contributed by atoms with Gasteiger partial charge in [-0.3, -0.25) is 0 Å². The van der Waals surface area contributed by atoms with E-state index < -0.39 is 10.0 Å². The summed E-state index contributed by atoms with van der Waals surface area (Å²) in [4.78, 5) is 2.28. The molecule has 1 N–H and O–H groups in total. The molecular formula is C14H21N3O2S. The maximum absolute atomic E-state index is 12.2. The molecule has 0 fully saturated rings. The Hall–Kier alpha value is -1.42. The van der Waals surface area contributed by atoms with Gasteiger partial charge in [0.25, 0.3) is 0 Å². The van der Waals surface area contributed by atoms with Crippen LogP contribution in [0.15, 0.2) is 29.2 Å². The van der Waals surface area contributed by atoms with E-state index in [0.29, 0.717) is 12.1 Å². The molecule has 0 bridgehead atoms. The standard InChI is InChI=1S/C14H21N3O2S/c1-4-17(5-2)11-12(3)16-20(18,19)14-8-6-7-13(9-14)10-15/h6-9,12,16H,4-5,11H2,1-3H3. The van der Waals surface area contributed by atoms with Crippen molar-refractivity contribution >= 4 is 10.0 Å². The molecule has 1 unspecified atom stereocenters. The fourth-order valence-electron chi connectivity index (χ4n) is 1.97. The Morgan fingerprint density at radius 1 is 1.35 bits per heavy atom. The molecule has 1 atom stereocenters. The highest BCUT2D eigenvalue weighted by molar-refractivity contribution is 7.89. The van der Waals surface area contributed by atoms with Gasteiger partial charge >= 0.3 is 0 Å². The van der Waals surface area contributed by atoms with E-state index in [-0.39, 0.29) is 10.9 Å². The summed E-state index contributed by atoms with van der Waals surface area (Å²) in [6.45, 7) is 8.34. The Balaban J connectivity index is 2.81. The average Bonchev–Trinajstić information content (AvgIpc) is 2.44. The van der Waals surface area contributed by atoms with Crippen LogP contribution >= 0.6 is 0 Å². The number of likely N-dealkylation sites (N-methyl/N-ethyl adjacent to an activating group) is 1. The Morgan fingerprint density at radius 3 is 2.55 bits per heavy atom. The molecular weight excluding hydrogens is 274 g/mol. The van der Waals surface area contributed by atoms with E-state index >= 15 is 0 Å². The second-order valence-corrected chi connectivity index (χ2v) is 6.36. The molecule has 0 aliphatic rings. The lowest BCUT2D eigenvalue weighted by molar-refractivity contribution is 0.282. The molecule has 0 radical (unpaired) electrons. The van der Waals surface area contributed by atoms with Crippen molar-refractivity contribution in [2.24, 2.45) is 0 Å². The van der Waals surface area contributed by atoms with Gasteiger partial charge in [0.1, 0.15) is 0 Å². The summed E-state index contributed by atoms with van der Waals surface area (Å²) >= 11 is 0. The summed E-state index contributed by atoms with van der Waals surface area (Å²) in [5.74, 6) is 0. The summed E-state index contributed by atoms with van der Waals surface area (Å²) in [5, 5.41) is 8.82. The van der Waals surface area contributed by atoms with Gasteiger partial charge in [-0.25, -0.2) is 13.1 Å². The first kappa shape index (κ1) is 16.6. The van der Waals surface area contributed by atoms with Gasteiger partial charge in [0.05, 0.1) is 16.5 Å². The Kier molecular flexibility index (Phi) is 6.14. The number of sulfonamides is 1. The molecule has 0 aliphatic heterocycles. The highest BCUT2D eigenvalue weighted by Gasteiger charge is 2.18. The maximum Gasteiger partial charge on any atom is 0.240 e. The van der Waals surface area contributed by atoms with Crippen LogP contribution in [0, 0.1) is 11.3 Å². The van der Waals surface area contributed by atoms with Crippen LogP contribution in [0.4, 0.5) is 0 Å². The number of benzene rings is 1. The summed E-state index contributed by atoms with van der Waals surface area (Å²) in [6, 6.07) is 7.78. The predicted octanol–water partition coefficient (Wildman–Crippen LogP) is 1.57. The summed E-state index contributed by atoms with van der Waals surface area (Å²) < 4.78 is 27.1. The zero-order valence-electron chi connectivity index (χ0n) is 12.1. The van der Waals surface area contributed by atoms with Crippen molar-refractivity contribution in [3.8, 4) is 6.07 Å². The number of nitriles is 1. The fourth-order valence-corrected chi connectivity index (χ4v) is 3.25. The first-order valence-electron chi connectivity index (χ1n) is 6.67. The van der Waals surface area contributed by atoms with E-state index in [1.54, 1.807) is 12.1 Å². The van der Waals surface area contributed by atoms with E-state index in [1.165, 1.54) is 12.1 Å². The van der Waals surface area contributed by atoms with Crippen molar-refractivity contribution in [3.05, 3.63) is 29.8 Å². The molecule has 20 heavy (non-hydrogen) atoms. The van der Waals surface area contributed by atoms with Crippen LogP contribution in [0.3, 0.4) is 0 Å². The van der Waals surface area contributed by atoms with Crippen LogP contribution in [0.2, 0.25) is 0 Å². The molecule has 1 aromatic rings.